The number of hydrogen-bond donors (Lipinski definition) is 0. The number of carbonyl (C=O) groups excluding carboxylic acids is 1. The highest BCUT2D eigenvalue weighted by atomic mass is 16.6. The number of Topliss-reactive ketones (excluding diaryl/α,β-unsaturated/α-hetero) is 1. The third-order valence-corrected chi connectivity index (χ3v) is 3.83. The van der Waals surface area contributed by atoms with E-state index in [1.165, 1.54) is 6.07 Å². The van der Waals surface area contributed by atoms with E-state index in [1.807, 2.05) is 6.92 Å². The van der Waals surface area contributed by atoms with E-state index < -0.39 is 0 Å². The summed E-state index contributed by atoms with van der Waals surface area (Å²) in [5.74, 6) is 0.131. The molecule has 1 fully saturated rings. The quantitative estimate of drug-likeness (QED) is 0.607. The molecule has 0 bridgehead atoms. The standard InChI is InChI=1S/C14H17NO3/c1-10(12-7-3-5-9-14(12)16)11-6-2-4-8-13(11)15(17)18/h2,4,6,8,10,12H,3,5,7,9H2,1H3. The Balaban J connectivity index is 2.30. The van der Waals surface area contributed by atoms with Crippen molar-refractivity contribution in [3.63, 3.8) is 0 Å². The summed E-state index contributed by atoms with van der Waals surface area (Å²) in [5, 5.41) is 11.0. The van der Waals surface area contributed by atoms with E-state index in [0.29, 0.717) is 12.0 Å². The Morgan fingerprint density at radius 2 is 2.06 bits per heavy atom. The first-order valence-corrected chi connectivity index (χ1v) is 6.37. The number of carbonyl (C=O) groups is 1. The van der Waals surface area contributed by atoms with Gasteiger partial charge in [0, 0.05) is 24.0 Å². The summed E-state index contributed by atoms with van der Waals surface area (Å²) in [7, 11) is 0. The average Bonchev–Trinajstić information content (AvgIpc) is 2.38. The van der Waals surface area contributed by atoms with Crippen LogP contribution in [0.4, 0.5) is 5.69 Å². The number of nitrogens with zero attached hydrogens (tertiary/aromatic N) is 1. The topological polar surface area (TPSA) is 60.2 Å². The van der Waals surface area contributed by atoms with E-state index >= 15 is 0 Å². The lowest BCUT2D eigenvalue weighted by molar-refractivity contribution is -0.385. The van der Waals surface area contributed by atoms with Crippen LogP contribution in [0.2, 0.25) is 0 Å². The van der Waals surface area contributed by atoms with Gasteiger partial charge in [-0.25, -0.2) is 0 Å². The minimum absolute atomic E-state index is 0.0557. The van der Waals surface area contributed by atoms with Crippen molar-refractivity contribution in [3.8, 4) is 0 Å². The second-order valence-electron chi connectivity index (χ2n) is 4.92. The highest BCUT2D eigenvalue weighted by Gasteiger charge is 2.31. The molecule has 1 aliphatic rings. The van der Waals surface area contributed by atoms with Crippen molar-refractivity contribution in [2.45, 2.75) is 38.5 Å². The van der Waals surface area contributed by atoms with Crippen LogP contribution in [-0.4, -0.2) is 10.7 Å². The van der Waals surface area contributed by atoms with Crippen LogP contribution in [0.3, 0.4) is 0 Å². The van der Waals surface area contributed by atoms with E-state index in [2.05, 4.69) is 0 Å². The lowest BCUT2D eigenvalue weighted by Crippen LogP contribution is -2.24. The van der Waals surface area contributed by atoms with Gasteiger partial charge in [0.25, 0.3) is 5.69 Å². The summed E-state index contributed by atoms with van der Waals surface area (Å²) in [6.45, 7) is 1.93. The molecule has 2 unspecified atom stereocenters. The maximum atomic E-state index is 11.9. The molecular weight excluding hydrogens is 230 g/mol. The summed E-state index contributed by atoms with van der Waals surface area (Å²) in [6.07, 6.45) is 3.47. The van der Waals surface area contributed by atoms with E-state index in [1.54, 1.807) is 18.2 Å². The zero-order valence-corrected chi connectivity index (χ0v) is 10.5. The molecule has 0 heterocycles. The van der Waals surface area contributed by atoms with Gasteiger partial charge in [-0.15, -0.1) is 0 Å². The van der Waals surface area contributed by atoms with Crippen molar-refractivity contribution in [2.24, 2.45) is 5.92 Å². The Bertz CT molecular complexity index is 470. The second kappa shape index (κ2) is 5.29. The Labute approximate surface area is 106 Å². The van der Waals surface area contributed by atoms with E-state index in [-0.39, 0.29) is 28.2 Å². The molecule has 96 valence electrons. The average molecular weight is 247 g/mol. The second-order valence-corrected chi connectivity index (χ2v) is 4.92. The van der Waals surface area contributed by atoms with Crippen LogP contribution in [0, 0.1) is 16.0 Å². The van der Waals surface area contributed by atoms with Crippen molar-refractivity contribution >= 4 is 11.5 Å². The van der Waals surface area contributed by atoms with E-state index in [0.717, 1.165) is 19.3 Å². The monoisotopic (exact) mass is 247 g/mol. The summed E-state index contributed by atoms with van der Waals surface area (Å²) >= 11 is 0. The Hall–Kier alpha value is -1.71. The lowest BCUT2D eigenvalue weighted by Gasteiger charge is -2.26. The van der Waals surface area contributed by atoms with Crippen LogP contribution in [0.15, 0.2) is 24.3 Å². The molecule has 0 spiro atoms. The van der Waals surface area contributed by atoms with Gasteiger partial charge in [0.2, 0.25) is 0 Å². The van der Waals surface area contributed by atoms with Crippen LogP contribution >= 0.6 is 0 Å². The Kier molecular flexibility index (Phi) is 3.75. The summed E-state index contributed by atoms with van der Waals surface area (Å²) in [4.78, 5) is 22.6. The molecule has 2 atom stereocenters. The zero-order chi connectivity index (χ0) is 13.1. The van der Waals surface area contributed by atoms with Gasteiger partial charge in [-0.1, -0.05) is 31.5 Å². The molecule has 0 aromatic heterocycles. The molecule has 4 heteroatoms. The molecule has 18 heavy (non-hydrogen) atoms. The molecule has 1 aromatic rings. The zero-order valence-electron chi connectivity index (χ0n) is 10.5. The molecule has 0 aliphatic heterocycles. The van der Waals surface area contributed by atoms with Crippen molar-refractivity contribution in [1.29, 1.82) is 0 Å². The lowest BCUT2D eigenvalue weighted by atomic mass is 9.76. The molecule has 0 saturated heterocycles. The number of nitro groups is 1. The van der Waals surface area contributed by atoms with Gasteiger partial charge < -0.3 is 0 Å². The minimum atomic E-state index is -0.362. The molecular formula is C14H17NO3. The van der Waals surface area contributed by atoms with Crippen LogP contribution in [-0.2, 0) is 4.79 Å². The van der Waals surface area contributed by atoms with E-state index in [9.17, 15) is 14.9 Å². The maximum Gasteiger partial charge on any atom is 0.272 e. The van der Waals surface area contributed by atoms with Gasteiger partial charge in [-0.05, 0) is 18.8 Å². The third kappa shape index (κ3) is 2.42. The van der Waals surface area contributed by atoms with Crippen LogP contribution < -0.4 is 0 Å². The van der Waals surface area contributed by atoms with Crippen LogP contribution in [0.5, 0.6) is 0 Å². The highest BCUT2D eigenvalue weighted by Crippen LogP contribution is 2.37. The van der Waals surface area contributed by atoms with Crippen LogP contribution in [0.1, 0.15) is 44.1 Å². The van der Waals surface area contributed by atoms with Crippen molar-refractivity contribution < 1.29 is 9.72 Å². The predicted octanol–water partition coefficient (Wildman–Crippen LogP) is 3.46. The summed E-state index contributed by atoms with van der Waals surface area (Å²) in [6, 6.07) is 6.74. The van der Waals surface area contributed by atoms with Gasteiger partial charge >= 0.3 is 0 Å². The largest absolute Gasteiger partial charge is 0.299 e. The Morgan fingerprint density at radius 1 is 1.33 bits per heavy atom. The number of para-hydroxylation sites is 1. The number of rotatable bonds is 3. The van der Waals surface area contributed by atoms with Gasteiger partial charge in [0.15, 0.2) is 0 Å². The maximum absolute atomic E-state index is 11.9. The third-order valence-electron chi connectivity index (χ3n) is 3.83. The van der Waals surface area contributed by atoms with Gasteiger partial charge in [0.1, 0.15) is 5.78 Å². The van der Waals surface area contributed by atoms with Gasteiger partial charge in [-0.2, -0.15) is 0 Å². The normalized spacial score (nSPS) is 21.6. The number of benzene rings is 1. The molecule has 2 rings (SSSR count). The summed E-state index contributed by atoms with van der Waals surface area (Å²) < 4.78 is 0. The van der Waals surface area contributed by atoms with Crippen molar-refractivity contribution in [3.05, 3.63) is 39.9 Å². The first-order chi connectivity index (χ1) is 8.61. The van der Waals surface area contributed by atoms with Crippen molar-refractivity contribution in [1.82, 2.24) is 0 Å². The van der Waals surface area contributed by atoms with Crippen LogP contribution in [0.25, 0.3) is 0 Å². The SMILES string of the molecule is CC(c1ccccc1[N+](=O)[O-])C1CCCCC1=O. The number of ketones is 1. The van der Waals surface area contributed by atoms with Crippen molar-refractivity contribution in [2.75, 3.05) is 0 Å². The molecule has 1 aliphatic carbocycles. The number of hydrogen-bond acceptors (Lipinski definition) is 3. The first-order valence-electron chi connectivity index (χ1n) is 6.37. The van der Waals surface area contributed by atoms with Gasteiger partial charge in [0.05, 0.1) is 4.92 Å². The molecule has 1 saturated carbocycles. The Morgan fingerprint density at radius 3 is 2.72 bits per heavy atom. The molecule has 4 nitrogen and oxygen atoms in total. The van der Waals surface area contributed by atoms with E-state index in [4.69, 9.17) is 0 Å². The molecule has 0 amide bonds. The minimum Gasteiger partial charge on any atom is -0.299 e. The molecule has 0 radical (unpaired) electrons. The smallest absolute Gasteiger partial charge is 0.272 e. The number of nitro benzene ring substituents is 1. The fourth-order valence-electron chi connectivity index (χ4n) is 2.79. The summed E-state index contributed by atoms with van der Waals surface area (Å²) in [5.41, 5.74) is 0.811. The molecule has 1 aromatic carbocycles. The molecule has 0 N–H and O–H groups in total. The first kappa shape index (κ1) is 12.7. The fourth-order valence-corrected chi connectivity index (χ4v) is 2.79. The predicted molar refractivity (Wildman–Crippen MR) is 68.5 cm³/mol. The van der Waals surface area contributed by atoms with Gasteiger partial charge in [-0.3, -0.25) is 14.9 Å². The highest BCUT2D eigenvalue weighted by molar-refractivity contribution is 5.82. The fraction of sp³-hybridized carbons (Fsp3) is 0.500.